The van der Waals surface area contributed by atoms with Crippen LogP contribution in [0.25, 0.3) is 16.7 Å². The minimum Gasteiger partial charge on any atom is -0.496 e. The summed E-state index contributed by atoms with van der Waals surface area (Å²) in [5.74, 6) is 1.87. The smallest absolute Gasteiger partial charge is 0.263 e. The molecule has 6 nitrogen and oxygen atoms in total. The molecule has 0 spiro atoms. The highest BCUT2D eigenvalue weighted by molar-refractivity contribution is 7.98. The molecule has 0 aliphatic heterocycles. The zero-order valence-corrected chi connectivity index (χ0v) is 18.8. The van der Waals surface area contributed by atoms with Crippen LogP contribution in [0.3, 0.4) is 0 Å². The first-order chi connectivity index (χ1) is 15.7. The third-order valence-electron chi connectivity index (χ3n) is 5.26. The van der Waals surface area contributed by atoms with E-state index < -0.39 is 0 Å². The van der Waals surface area contributed by atoms with Crippen LogP contribution in [0.5, 0.6) is 5.75 Å². The number of hydrogen-bond acceptors (Lipinski definition) is 5. The number of halogens is 1. The minimum atomic E-state index is -0.0857. The summed E-state index contributed by atoms with van der Waals surface area (Å²) in [6.45, 7) is 0.416. The Morgan fingerprint density at radius 1 is 1.00 bits per heavy atom. The number of rotatable bonds is 6. The third-order valence-corrected chi connectivity index (χ3v) is 6.47. The standard InChI is InChI=1S/C24H19ClN4O2S/c1-31-21-12-11-18(25)13-17(21)15-32-24-27-26-23-28(14-16-7-3-2-4-8-16)22(30)19-9-5-6-10-20(19)29(23)24/h2-13H,14-15H2,1H3. The largest absolute Gasteiger partial charge is 0.496 e. The van der Waals surface area contributed by atoms with Gasteiger partial charge in [-0.15, -0.1) is 10.2 Å². The van der Waals surface area contributed by atoms with Crippen molar-refractivity contribution in [3.63, 3.8) is 0 Å². The first-order valence-electron chi connectivity index (χ1n) is 10.0. The van der Waals surface area contributed by atoms with E-state index in [0.717, 1.165) is 22.4 Å². The molecule has 32 heavy (non-hydrogen) atoms. The second-order valence-electron chi connectivity index (χ2n) is 7.26. The summed E-state index contributed by atoms with van der Waals surface area (Å²) in [6, 6.07) is 23.0. The maximum absolute atomic E-state index is 13.3. The van der Waals surface area contributed by atoms with Crippen LogP contribution >= 0.6 is 23.4 Å². The van der Waals surface area contributed by atoms with Crippen molar-refractivity contribution in [3.05, 3.63) is 99.3 Å². The fourth-order valence-electron chi connectivity index (χ4n) is 3.74. The van der Waals surface area contributed by atoms with Crippen molar-refractivity contribution >= 4 is 40.0 Å². The first kappa shape index (κ1) is 20.6. The molecule has 8 heteroatoms. The Bertz CT molecular complexity index is 1480. The molecule has 0 amide bonds. The van der Waals surface area contributed by atoms with Crippen LogP contribution in [0.1, 0.15) is 11.1 Å². The summed E-state index contributed by atoms with van der Waals surface area (Å²) < 4.78 is 9.09. The van der Waals surface area contributed by atoms with Crippen molar-refractivity contribution < 1.29 is 4.74 Å². The van der Waals surface area contributed by atoms with Gasteiger partial charge >= 0.3 is 0 Å². The molecule has 0 aliphatic rings. The molecule has 0 aliphatic carbocycles. The highest BCUT2D eigenvalue weighted by Crippen LogP contribution is 2.30. The van der Waals surface area contributed by atoms with Crippen LogP contribution in [0.4, 0.5) is 0 Å². The van der Waals surface area contributed by atoms with Crippen LogP contribution in [-0.2, 0) is 12.3 Å². The average Bonchev–Trinajstić information content (AvgIpc) is 3.25. The van der Waals surface area contributed by atoms with E-state index in [2.05, 4.69) is 10.2 Å². The minimum absolute atomic E-state index is 0.0857. The van der Waals surface area contributed by atoms with Crippen molar-refractivity contribution in [1.82, 2.24) is 19.2 Å². The van der Waals surface area contributed by atoms with Gasteiger partial charge in [-0.2, -0.15) is 0 Å². The number of fused-ring (bicyclic) bond motifs is 3. The maximum Gasteiger partial charge on any atom is 0.263 e. The van der Waals surface area contributed by atoms with Gasteiger partial charge in [0.15, 0.2) is 5.16 Å². The summed E-state index contributed by atoms with van der Waals surface area (Å²) in [5.41, 5.74) is 2.68. The van der Waals surface area contributed by atoms with E-state index in [-0.39, 0.29) is 5.56 Å². The molecule has 160 valence electrons. The lowest BCUT2D eigenvalue weighted by molar-refractivity contribution is 0.411. The van der Waals surface area contributed by atoms with E-state index in [9.17, 15) is 4.79 Å². The number of methoxy groups -OCH3 is 1. The van der Waals surface area contributed by atoms with Gasteiger partial charge in [0.25, 0.3) is 5.56 Å². The molecule has 0 N–H and O–H groups in total. The Labute approximate surface area is 193 Å². The summed E-state index contributed by atoms with van der Waals surface area (Å²) in [6.07, 6.45) is 0. The first-order valence-corrected chi connectivity index (χ1v) is 11.4. The van der Waals surface area contributed by atoms with Crippen molar-refractivity contribution in [2.24, 2.45) is 0 Å². The van der Waals surface area contributed by atoms with Gasteiger partial charge in [0, 0.05) is 16.3 Å². The number of thioether (sulfide) groups is 1. The quantitative estimate of drug-likeness (QED) is 0.330. The summed E-state index contributed by atoms with van der Waals surface area (Å²) in [5, 5.41) is 10.8. The van der Waals surface area contributed by atoms with Gasteiger partial charge in [0.05, 0.1) is 24.6 Å². The van der Waals surface area contributed by atoms with E-state index >= 15 is 0 Å². The number of hydrogen-bond donors (Lipinski definition) is 0. The van der Waals surface area contributed by atoms with Crippen LogP contribution in [0.2, 0.25) is 5.02 Å². The van der Waals surface area contributed by atoms with Gasteiger partial charge in [-0.3, -0.25) is 13.8 Å². The highest BCUT2D eigenvalue weighted by Gasteiger charge is 2.17. The molecule has 0 saturated heterocycles. The fourth-order valence-corrected chi connectivity index (χ4v) is 4.85. The maximum atomic E-state index is 13.3. The summed E-state index contributed by atoms with van der Waals surface area (Å²) in [4.78, 5) is 13.3. The lowest BCUT2D eigenvalue weighted by Gasteiger charge is -2.12. The van der Waals surface area contributed by atoms with Gasteiger partial charge in [0.1, 0.15) is 5.75 Å². The van der Waals surface area contributed by atoms with E-state index in [4.69, 9.17) is 16.3 Å². The molecule has 0 bridgehead atoms. The molecule has 5 aromatic rings. The molecule has 0 radical (unpaired) electrons. The Morgan fingerprint density at radius 2 is 1.78 bits per heavy atom. The van der Waals surface area contributed by atoms with Gasteiger partial charge in [0.2, 0.25) is 5.78 Å². The SMILES string of the molecule is COc1ccc(Cl)cc1CSc1nnc2n(Cc3ccccc3)c(=O)c3ccccc3n12. The molecular weight excluding hydrogens is 444 g/mol. The summed E-state index contributed by atoms with van der Waals surface area (Å²) in [7, 11) is 1.64. The zero-order valence-electron chi connectivity index (χ0n) is 17.2. The van der Waals surface area contributed by atoms with Gasteiger partial charge < -0.3 is 4.74 Å². The number of para-hydroxylation sites is 1. The number of aromatic nitrogens is 4. The lowest BCUT2D eigenvalue weighted by Crippen LogP contribution is -2.24. The van der Waals surface area contributed by atoms with E-state index in [0.29, 0.717) is 33.6 Å². The van der Waals surface area contributed by atoms with Crippen LogP contribution in [0.15, 0.2) is 82.7 Å². The predicted octanol–water partition coefficient (Wildman–Crippen LogP) is 5.05. The zero-order chi connectivity index (χ0) is 22.1. The second-order valence-corrected chi connectivity index (χ2v) is 8.64. The van der Waals surface area contributed by atoms with Crippen LogP contribution in [-0.4, -0.2) is 26.3 Å². The number of ether oxygens (including phenoxy) is 1. The lowest BCUT2D eigenvalue weighted by atomic mass is 10.2. The summed E-state index contributed by atoms with van der Waals surface area (Å²) >= 11 is 7.71. The van der Waals surface area contributed by atoms with Gasteiger partial charge in [-0.25, -0.2) is 0 Å². The van der Waals surface area contributed by atoms with Crippen molar-refractivity contribution in [3.8, 4) is 5.75 Å². The molecule has 3 aromatic carbocycles. The van der Waals surface area contributed by atoms with E-state index in [1.54, 1.807) is 17.7 Å². The third kappa shape index (κ3) is 3.74. The molecule has 5 rings (SSSR count). The molecular formula is C24H19ClN4O2S. The van der Waals surface area contributed by atoms with Crippen molar-refractivity contribution in [1.29, 1.82) is 0 Å². The monoisotopic (exact) mass is 462 g/mol. The van der Waals surface area contributed by atoms with Crippen molar-refractivity contribution in [2.45, 2.75) is 17.5 Å². The second kappa shape index (κ2) is 8.68. The molecule has 2 heterocycles. The van der Waals surface area contributed by atoms with Gasteiger partial charge in [-0.05, 0) is 35.9 Å². The fraction of sp³-hybridized carbons (Fsp3) is 0.125. The van der Waals surface area contributed by atoms with Crippen LogP contribution < -0.4 is 10.3 Å². The van der Waals surface area contributed by atoms with Gasteiger partial charge in [-0.1, -0.05) is 65.8 Å². The Hall–Kier alpha value is -3.29. The Kier molecular flexibility index (Phi) is 5.59. The molecule has 2 aromatic heterocycles. The number of benzene rings is 3. The van der Waals surface area contributed by atoms with Crippen LogP contribution in [0, 0.1) is 0 Å². The molecule has 0 atom stereocenters. The molecule has 0 fully saturated rings. The normalized spacial score (nSPS) is 11.3. The molecule has 0 saturated carbocycles. The Morgan fingerprint density at radius 3 is 2.59 bits per heavy atom. The molecule has 0 unspecified atom stereocenters. The van der Waals surface area contributed by atoms with E-state index in [1.807, 2.05) is 71.1 Å². The van der Waals surface area contributed by atoms with Crippen molar-refractivity contribution in [2.75, 3.05) is 7.11 Å². The predicted molar refractivity (Wildman–Crippen MR) is 128 cm³/mol. The average molecular weight is 463 g/mol. The Balaban J connectivity index is 1.63. The van der Waals surface area contributed by atoms with E-state index in [1.165, 1.54) is 11.8 Å². The topological polar surface area (TPSA) is 61.4 Å². The highest BCUT2D eigenvalue weighted by atomic mass is 35.5. The number of nitrogens with zero attached hydrogens (tertiary/aromatic N) is 4.